The number of unbranched alkanes of at least 4 members (excludes halogenated alkanes) is 1. The summed E-state index contributed by atoms with van der Waals surface area (Å²) in [5.41, 5.74) is 8.17. The summed E-state index contributed by atoms with van der Waals surface area (Å²) >= 11 is 12.0. The van der Waals surface area contributed by atoms with Crippen LogP contribution in [0.4, 0.5) is 0 Å². The van der Waals surface area contributed by atoms with E-state index < -0.39 is 0 Å². The molecule has 2 rings (SSSR count). The number of rotatable bonds is 6. The maximum Gasteiger partial charge on any atom is 0.0406 e. The number of nitrogens with two attached hydrogens (primary N) is 1. The van der Waals surface area contributed by atoms with E-state index in [0.717, 1.165) is 35.9 Å². The second kappa shape index (κ2) is 7.68. The summed E-state index contributed by atoms with van der Waals surface area (Å²) in [5, 5.41) is 1.54. The van der Waals surface area contributed by atoms with Gasteiger partial charge in [-0.25, -0.2) is 0 Å². The van der Waals surface area contributed by atoms with Gasteiger partial charge in [-0.15, -0.1) is 0 Å². The molecule has 2 N–H and O–H groups in total. The lowest BCUT2D eigenvalue weighted by atomic mass is 9.87. The molecule has 0 radical (unpaired) electrons. The van der Waals surface area contributed by atoms with Crippen molar-refractivity contribution in [2.75, 3.05) is 6.54 Å². The molecule has 3 heteroatoms. The zero-order chi connectivity index (χ0) is 14.4. The second-order valence-electron chi connectivity index (χ2n) is 4.94. The Bertz CT molecular complexity index is 474. The molecule has 106 valence electrons. The van der Waals surface area contributed by atoms with Crippen LogP contribution in [0.25, 0.3) is 0 Å². The van der Waals surface area contributed by atoms with Crippen LogP contribution in [-0.4, -0.2) is 6.54 Å². The summed E-state index contributed by atoms with van der Waals surface area (Å²) in [6.07, 6.45) is 3.25. The van der Waals surface area contributed by atoms with Crippen molar-refractivity contribution < 1.29 is 0 Å². The van der Waals surface area contributed by atoms with E-state index in [1.807, 2.05) is 24.3 Å². The topological polar surface area (TPSA) is 26.0 Å². The highest BCUT2D eigenvalue weighted by Gasteiger charge is 2.13. The van der Waals surface area contributed by atoms with Crippen LogP contribution in [0.15, 0.2) is 48.5 Å². The Balaban J connectivity index is 2.23. The number of hydrogen-bond acceptors (Lipinski definition) is 1. The van der Waals surface area contributed by atoms with Gasteiger partial charge in [-0.05, 0) is 54.8 Å². The summed E-state index contributed by atoms with van der Waals surface area (Å²) in [4.78, 5) is 0. The van der Waals surface area contributed by atoms with Crippen molar-refractivity contribution in [1.82, 2.24) is 0 Å². The lowest BCUT2D eigenvalue weighted by Gasteiger charge is -2.18. The zero-order valence-corrected chi connectivity index (χ0v) is 12.9. The van der Waals surface area contributed by atoms with Gasteiger partial charge in [-0.1, -0.05) is 53.9 Å². The summed E-state index contributed by atoms with van der Waals surface area (Å²) in [6.45, 7) is 0.744. The minimum atomic E-state index is 0.371. The molecule has 0 saturated heterocycles. The minimum absolute atomic E-state index is 0.371. The third kappa shape index (κ3) is 4.24. The van der Waals surface area contributed by atoms with Crippen molar-refractivity contribution in [2.45, 2.75) is 25.2 Å². The van der Waals surface area contributed by atoms with Crippen LogP contribution in [0, 0.1) is 0 Å². The normalized spacial score (nSPS) is 11.0. The minimum Gasteiger partial charge on any atom is -0.330 e. The van der Waals surface area contributed by atoms with Crippen LogP contribution in [0.1, 0.15) is 36.3 Å². The Hall–Kier alpha value is -1.02. The van der Waals surface area contributed by atoms with Crippen molar-refractivity contribution in [3.8, 4) is 0 Å². The fraction of sp³-hybridized carbons (Fsp3) is 0.294. The van der Waals surface area contributed by atoms with Crippen LogP contribution < -0.4 is 5.73 Å². The first-order valence-electron chi connectivity index (χ1n) is 6.91. The molecule has 0 saturated carbocycles. The van der Waals surface area contributed by atoms with Crippen LogP contribution in [-0.2, 0) is 0 Å². The lowest BCUT2D eigenvalue weighted by Crippen LogP contribution is -2.04. The van der Waals surface area contributed by atoms with Crippen LogP contribution in [0.5, 0.6) is 0 Å². The number of halogens is 2. The molecule has 0 aliphatic rings. The SMILES string of the molecule is NCCCCC(c1ccc(Cl)cc1)c1ccc(Cl)cc1. The molecule has 0 bridgehead atoms. The van der Waals surface area contributed by atoms with Crippen molar-refractivity contribution >= 4 is 23.2 Å². The lowest BCUT2D eigenvalue weighted by molar-refractivity contribution is 0.632. The molecule has 1 nitrogen and oxygen atoms in total. The van der Waals surface area contributed by atoms with Gasteiger partial charge in [0, 0.05) is 16.0 Å². The smallest absolute Gasteiger partial charge is 0.0406 e. The predicted octanol–water partition coefficient (Wildman–Crippen LogP) is 5.25. The average Bonchev–Trinajstić information content (AvgIpc) is 2.46. The Morgan fingerprint density at radius 1 is 0.750 bits per heavy atom. The van der Waals surface area contributed by atoms with Crippen molar-refractivity contribution in [3.63, 3.8) is 0 Å². The summed E-state index contributed by atoms with van der Waals surface area (Å²) in [6, 6.07) is 16.2. The summed E-state index contributed by atoms with van der Waals surface area (Å²) in [7, 11) is 0. The van der Waals surface area contributed by atoms with E-state index in [1.165, 1.54) is 11.1 Å². The van der Waals surface area contributed by atoms with Gasteiger partial charge in [0.05, 0.1) is 0 Å². The molecule has 2 aromatic rings. The van der Waals surface area contributed by atoms with E-state index in [9.17, 15) is 0 Å². The van der Waals surface area contributed by atoms with E-state index in [2.05, 4.69) is 24.3 Å². The molecule has 0 heterocycles. The quantitative estimate of drug-likeness (QED) is 0.724. The van der Waals surface area contributed by atoms with Crippen LogP contribution >= 0.6 is 23.2 Å². The Morgan fingerprint density at radius 3 is 1.60 bits per heavy atom. The van der Waals surface area contributed by atoms with Gasteiger partial charge in [0.15, 0.2) is 0 Å². The predicted molar refractivity (Wildman–Crippen MR) is 87.7 cm³/mol. The van der Waals surface area contributed by atoms with Gasteiger partial charge in [-0.2, -0.15) is 0 Å². The first kappa shape index (κ1) is 15.4. The van der Waals surface area contributed by atoms with Crippen molar-refractivity contribution in [2.24, 2.45) is 5.73 Å². The Morgan fingerprint density at radius 2 is 1.20 bits per heavy atom. The summed E-state index contributed by atoms with van der Waals surface area (Å²) in [5.74, 6) is 0.371. The fourth-order valence-corrected chi connectivity index (χ4v) is 2.66. The molecule has 2 aromatic carbocycles. The molecular weight excluding hydrogens is 289 g/mol. The van der Waals surface area contributed by atoms with Gasteiger partial charge >= 0.3 is 0 Å². The third-order valence-electron chi connectivity index (χ3n) is 3.49. The first-order chi connectivity index (χ1) is 9.70. The van der Waals surface area contributed by atoms with E-state index in [1.54, 1.807) is 0 Å². The highest BCUT2D eigenvalue weighted by atomic mass is 35.5. The molecule has 0 amide bonds. The standard InChI is InChI=1S/C17H19Cl2N/c18-15-8-4-13(5-9-15)17(3-1-2-12-20)14-6-10-16(19)11-7-14/h4-11,17H,1-3,12,20H2. The molecule has 0 atom stereocenters. The van der Waals surface area contributed by atoms with Crippen LogP contribution in [0.3, 0.4) is 0 Å². The number of benzene rings is 2. The molecule has 0 unspecified atom stereocenters. The third-order valence-corrected chi connectivity index (χ3v) is 4.00. The monoisotopic (exact) mass is 307 g/mol. The van der Waals surface area contributed by atoms with Crippen molar-refractivity contribution in [1.29, 1.82) is 0 Å². The van der Waals surface area contributed by atoms with Gasteiger partial charge in [-0.3, -0.25) is 0 Å². The average molecular weight is 308 g/mol. The summed E-state index contributed by atoms with van der Waals surface area (Å²) < 4.78 is 0. The van der Waals surface area contributed by atoms with Gasteiger partial charge in [0.2, 0.25) is 0 Å². The molecule has 0 aliphatic carbocycles. The Labute approximate surface area is 130 Å². The molecule has 0 aliphatic heterocycles. The van der Waals surface area contributed by atoms with Crippen LogP contribution in [0.2, 0.25) is 10.0 Å². The van der Waals surface area contributed by atoms with E-state index in [0.29, 0.717) is 5.92 Å². The highest BCUT2D eigenvalue weighted by molar-refractivity contribution is 6.30. The first-order valence-corrected chi connectivity index (χ1v) is 7.67. The highest BCUT2D eigenvalue weighted by Crippen LogP contribution is 2.31. The molecular formula is C17H19Cl2N. The van der Waals surface area contributed by atoms with Gasteiger partial charge < -0.3 is 5.73 Å². The molecule has 0 aromatic heterocycles. The second-order valence-corrected chi connectivity index (χ2v) is 5.81. The fourth-order valence-electron chi connectivity index (χ4n) is 2.41. The maximum absolute atomic E-state index is 5.98. The molecule has 0 spiro atoms. The van der Waals surface area contributed by atoms with Gasteiger partial charge in [0.1, 0.15) is 0 Å². The van der Waals surface area contributed by atoms with E-state index in [-0.39, 0.29) is 0 Å². The molecule has 0 fully saturated rings. The maximum atomic E-state index is 5.98. The largest absolute Gasteiger partial charge is 0.330 e. The zero-order valence-electron chi connectivity index (χ0n) is 11.4. The molecule has 20 heavy (non-hydrogen) atoms. The van der Waals surface area contributed by atoms with E-state index >= 15 is 0 Å². The Kier molecular flexibility index (Phi) is 5.90. The van der Waals surface area contributed by atoms with Crippen molar-refractivity contribution in [3.05, 3.63) is 69.7 Å². The van der Waals surface area contributed by atoms with E-state index in [4.69, 9.17) is 28.9 Å². The number of hydrogen-bond donors (Lipinski definition) is 1. The van der Waals surface area contributed by atoms with Gasteiger partial charge in [0.25, 0.3) is 0 Å².